The smallest absolute Gasteiger partial charge is 0.200 e. The van der Waals surface area contributed by atoms with Crippen LogP contribution >= 0.6 is 15.9 Å². The third-order valence-electron chi connectivity index (χ3n) is 2.64. The summed E-state index contributed by atoms with van der Waals surface area (Å²) in [5.41, 5.74) is -0.370. The van der Waals surface area contributed by atoms with E-state index in [0.717, 1.165) is 24.3 Å². The molecule has 0 unspecified atom stereocenters. The zero-order valence-electron chi connectivity index (χ0n) is 9.83. The molecule has 2 rings (SSSR count). The summed E-state index contributed by atoms with van der Waals surface area (Å²) in [6.07, 6.45) is 0. The highest BCUT2D eigenvalue weighted by molar-refractivity contribution is 9.10. The van der Waals surface area contributed by atoms with Crippen molar-refractivity contribution in [2.45, 2.75) is 0 Å². The first-order valence-corrected chi connectivity index (χ1v) is 6.11. The Labute approximate surface area is 121 Å². The van der Waals surface area contributed by atoms with Gasteiger partial charge in [-0.2, -0.15) is 0 Å². The number of ketones is 1. The number of carbonyl (C=O) groups excluding carboxylic acids is 1. The van der Waals surface area contributed by atoms with Gasteiger partial charge in [-0.25, -0.2) is 0 Å². The molecule has 5 N–H and O–H groups in total. The Bertz CT molecular complexity index is 687. The first-order chi connectivity index (χ1) is 9.31. The molecule has 0 spiro atoms. The molecule has 104 valence electrons. The van der Waals surface area contributed by atoms with Gasteiger partial charge in [-0.1, -0.05) is 0 Å². The van der Waals surface area contributed by atoms with Crippen molar-refractivity contribution in [3.63, 3.8) is 0 Å². The second-order valence-corrected chi connectivity index (χ2v) is 4.87. The molecular formula is C13H9BrO6. The van der Waals surface area contributed by atoms with Crippen LogP contribution in [-0.2, 0) is 0 Å². The maximum atomic E-state index is 12.2. The second kappa shape index (κ2) is 4.93. The van der Waals surface area contributed by atoms with Gasteiger partial charge in [-0.3, -0.25) is 4.79 Å². The van der Waals surface area contributed by atoms with Crippen molar-refractivity contribution in [2.75, 3.05) is 0 Å². The highest BCUT2D eigenvalue weighted by atomic mass is 79.9. The van der Waals surface area contributed by atoms with E-state index in [1.165, 1.54) is 0 Å². The van der Waals surface area contributed by atoms with Crippen LogP contribution in [0, 0.1) is 0 Å². The van der Waals surface area contributed by atoms with Crippen molar-refractivity contribution in [1.82, 2.24) is 0 Å². The van der Waals surface area contributed by atoms with Crippen LogP contribution in [0.5, 0.6) is 28.7 Å². The predicted molar refractivity (Wildman–Crippen MR) is 72.3 cm³/mol. The molecule has 2 aromatic carbocycles. The van der Waals surface area contributed by atoms with E-state index in [-0.39, 0.29) is 27.1 Å². The van der Waals surface area contributed by atoms with Crippen LogP contribution in [0.1, 0.15) is 15.9 Å². The molecule has 0 aromatic heterocycles. The number of hydrogen-bond acceptors (Lipinski definition) is 6. The lowest BCUT2D eigenvalue weighted by molar-refractivity contribution is 0.103. The van der Waals surface area contributed by atoms with Gasteiger partial charge in [0.05, 0.1) is 10.0 Å². The summed E-state index contributed by atoms with van der Waals surface area (Å²) in [5, 5.41) is 47.2. The van der Waals surface area contributed by atoms with Crippen LogP contribution < -0.4 is 0 Å². The SMILES string of the molecule is O=C(c1cc(O)c(O)c(O)c1)c1cc(O)c(Br)cc1O. The summed E-state index contributed by atoms with van der Waals surface area (Å²) in [6.45, 7) is 0. The zero-order valence-corrected chi connectivity index (χ0v) is 11.4. The first-order valence-electron chi connectivity index (χ1n) is 5.32. The zero-order chi connectivity index (χ0) is 15.0. The van der Waals surface area contributed by atoms with E-state index in [1.54, 1.807) is 0 Å². The Morgan fingerprint density at radius 3 is 1.90 bits per heavy atom. The Balaban J connectivity index is 2.55. The number of rotatable bonds is 2. The van der Waals surface area contributed by atoms with Crippen molar-refractivity contribution < 1.29 is 30.3 Å². The van der Waals surface area contributed by atoms with Crippen LogP contribution in [0.25, 0.3) is 0 Å². The fourth-order valence-corrected chi connectivity index (χ4v) is 1.96. The van der Waals surface area contributed by atoms with Crippen LogP contribution in [-0.4, -0.2) is 31.3 Å². The minimum atomic E-state index is -0.746. The highest BCUT2D eigenvalue weighted by Gasteiger charge is 2.19. The number of phenolic OH excluding ortho intramolecular Hbond substituents is 5. The monoisotopic (exact) mass is 340 g/mol. The topological polar surface area (TPSA) is 118 Å². The Morgan fingerprint density at radius 1 is 0.800 bits per heavy atom. The maximum Gasteiger partial charge on any atom is 0.200 e. The molecule has 0 radical (unpaired) electrons. The number of hydrogen-bond donors (Lipinski definition) is 5. The number of halogens is 1. The van der Waals surface area contributed by atoms with Crippen LogP contribution in [0.4, 0.5) is 0 Å². The Kier molecular flexibility index (Phi) is 3.46. The largest absolute Gasteiger partial charge is 0.507 e. The fourth-order valence-electron chi connectivity index (χ4n) is 1.62. The summed E-state index contributed by atoms with van der Waals surface area (Å²) in [6, 6.07) is 4.07. The lowest BCUT2D eigenvalue weighted by atomic mass is 10.0. The molecule has 0 amide bonds. The minimum absolute atomic E-state index is 0.158. The fraction of sp³-hybridized carbons (Fsp3) is 0. The Hall–Kier alpha value is -2.41. The molecule has 0 bridgehead atoms. The molecule has 0 aliphatic rings. The van der Waals surface area contributed by atoms with Gasteiger partial charge in [0, 0.05) is 5.56 Å². The third kappa shape index (κ3) is 2.35. The van der Waals surface area contributed by atoms with Gasteiger partial charge < -0.3 is 25.5 Å². The quantitative estimate of drug-likeness (QED) is 0.325. The number of phenols is 5. The minimum Gasteiger partial charge on any atom is -0.507 e. The van der Waals surface area contributed by atoms with Crippen LogP contribution in [0.2, 0.25) is 0 Å². The summed E-state index contributed by atoms with van der Waals surface area (Å²) in [7, 11) is 0. The normalized spacial score (nSPS) is 10.4. The van der Waals surface area contributed by atoms with E-state index in [1.807, 2.05) is 0 Å². The van der Waals surface area contributed by atoms with Gasteiger partial charge in [0.1, 0.15) is 11.5 Å². The third-order valence-corrected chi connectivity index (χ3v) is 3.28. The van der Waals surface area contributed by atoms with E-state index in [0.29, 0.717) is 0 Å². The van der Waals surface area contributed by atoms with Gasteiger partial charge in [-0.05, 0) is 40.2 Å². The van der Waals surface area contributed by atoms with E-state index in [9.17, 15) is 30.3 Å². The molecule has 0 fully saturated rings. The van der Waals surface area contributed by atoms with E-state index in [2.05, 4.69) is 15.9 Å². The lowest BCUT2D eigenvalue weighted by Gasteiger charge is -2.08. The molecule has 0 heterocycles. The molecule has 6 nitrogen and oxygen atoms in total. The van der Waals surface area contributed by atoms with Gasteiger partial charge in [0.25, 0.3) is 0 Å². The average molecular weight is 341 g/mol. The van der Waals surface area contributed by atoms with Crippen LogP contribution in [0.3, 0.4) is 0 Å². The summed E-state index contributed by atoms with van der Waals surface area (Å²) in [4.78, 5) is 12.2. The summed E-state index contributed by atoms with van der Waals surface area (Å²) >= 11 is 2.98. The van der Waals surface area contributed by atoms with E-state index < -0.39 is 23.0 Å². The van der Waals surface area contributed by atoms with Crippen molar-refractivity contribution in [1.29, 1.82) is 0 Å². The maximum absolute atomic E-state index is 12.2. The summed E-state index contributed by atoms with van der Waals surface area (Å²) in [5.74, 6) is -3.46. The molecule has 0 aliphatic heterocycles. The molecule has 20 heavy (non-hydrogen) atoms. The molecule has 2 aromatic rings. The molecular weight excluding hydrogens is 332 g/mol. The van der Waals surface area contributed by atoms with Gasteiger partial charge in [0.15, 0.2) is 23.0 Å². The molecule has 0 atom stereocenters. The second-order valence-electron chi connectivity index (χ2n) is 4.01. The van der Waals surface area contributed by atoms with E-state index in [4.69, 9.17) is 0 Å². The van der Waals surface area contributed by atoms with Crippen molar-refractivity contribution in [3.05, 3.63) is 39.9 Å². The molecule has 0 aliphatic carbocycles. The van der Waals surface area contributed by atoms with Crippen molar-refractivity contribution in [2.24, 2.45) is 0 Å². The van der Waals surface area contributed by atoms with Gasteiger partial charge in [-0.15, -0.1) is 0 Å². The van der Waals surface area contributed by atoms with Gasteiger partial charge >= 0.3 is 0 Å². The standard InChI is InChI=1S/C13H9BrO6/c14-7-4-8(15)6(3-9(7)16)12(19)5-1-10(17)13(20)11(18)2-5/h1-4,15-18,20H. The molecule has 7 heteroatoms. The Morgan fingerprint density at radius 2 is 1.35 bits per heavy atom. The predicted octanol–water partition coefficient (Wildman–Crippen LogP) is 2.21. The van der Waals surface area contributed by atoms with Crippen molar-refractivity contribution in [3.8, 4) is 28.7 Å². The number of benzene rings is 2. The van der Waals surface area contributed by atoms with Crippen molar-refractivity contribution >= 4 is 21.7 Å². The van der Waals surface area contributed by atoms with E-state index >= 15 is 0 Å². The average Bonchev–Trinajstić information content (AvgIpc) is 2.38. The summed E-state index contributed by atoms with van der Waals surface area (Å²) < 4.78 is 0.211. The number of carbonyl (C=O) groups is 1. The van der Waals surface area contributed by atoms with Crippen LogP contribution in [0.15, 0.2) is 28.7 Å². The van der Waals surface area contributed by atoms with Gasteiger partial charge in [0.2, 0.25) is 0 Å². The number of aromatic hydroxyl groups is 5. The highest BCUT2D eigenvalue weighted by Crippen LogP contribution is 2.37. The molecule has 0 saturated heterocycles. The first kappa shape index (κ1) is 14.0. The lowest BCUT2D eigenvalue weighted by Crippen LogP contribution is -2.01. The molecule has 0 saturated carbocycles.